The van der Waals surface area contributed by atoms with E-state index >= 15 is 0 Å². The average molecular weight is 444 g/mol. The maximum atomic E-state index is 12.0. The minimum Gasteiger partial charge on any atom is -0.482 e. The summed E-state index contributed by atoms with van der Waals surface area (Å²) in [4.78, 5) is 12.0. The third kappa shape index (κ3) is 4.86. The van der Waals surface area contributed by atoms with Gasteiger partial charge in [-0.1, -0.05) is 41.4 Å². The second-order valence-corrected chi connectivity index (χ2v) is 7.90. The molecule has 30 heavy (non-hydrogen) atoms. The highest BCUT2D eigenvalue weighted by Crippen LogP contribution is 2.27. The number of benzene rings is 2. The van der Waals surface area contributed by atoms with Crippen LogP contribution in [0.15, 0.2) is 47.6 Å². The van der Waals surface area contributed by atoms with E-state index in [1.54, 1.807) is 24.4 Å². The average Bonchev–Trinajstić information content (AvgIpc) is 2.95. The van der Waals surface area contributed by atoms with Gasteiger partial charge in [0.2, 0.25) is 0 Å². The van der Waals surface area contributed by atoms with Crippen molar-refractivity contribution in [2.45, 2.75) is 27.7 Å². The summed E-state index contributed by atoms with van der Waals surface area (Å²) in [6.45, 7) is 8.08. The molecule has 1 aromatic heterocycles. The lowest BCUT2D eigenvalue weighted by Gasteiger charge is -2.15. The van der Waals surface area contributed by atoms with Crippen molar-refractivity contribution in [2.75, 3.05) is 6.61 Å². The monoisotopic (exact) mass is 443 g/mol. The molecule has 0 radical (unpaired) electrons. The van der Waals surface area contributed by atoms with Crippen molar-refractivity contribution < 1.29 is 9.53 Å². The number of halogens is 2. The minimum atomic E-state index is -0.388. The highest BCUT2D eigenvalue weighted by atomic mass is 35.5. The van der Waals surface area contributed by atoms with Gasteiger partial charge in [0.15, 0.2) is 6.61 Å². The Balaban J connectivity index is 1.67. The summed E-state index contributed by atoms with van der Waals surface area (Å²) in [6, 6.07) is 13.1. The third-order valence-corrected chi connectivity index (χ3v) is 5.31. The lowest BCUT2D eigenvalue weighted by Crippen LogP contribution is -2.24. The summed E-state index contributed by atoms with van der Waals surface area (Å²) in [6.07, 6.45) is 1.64. The molecule has 0 unspecified atom stereocenters. The fraction of sp³-hybridized carbons (Fsp3) is 0.217. The second kappa shape index (κ2) is 9.37. The van der Waals surface area contributed by atoms with Gasteiger partial charge in [0.05, 0.1) is 16.9 Å². The zero-order valence-corrected chi connectivity index (χ0v) is 18.8. The highest BCUT2D eigenvalue weighted by Gasteiger charge is 2.13. The number of aromatic nitrogens is 1. The van der Waals surface area contributed by atoms with Gasteiger partial charge in [-0.2, -0.15) is 5.10 Å². The van der Waals surface area contributed by atoms with Crippen LogP contribution in [-0.2, 0) is 4.79 Å². The first-order valence-corrected chi connectivity index (χ1v) is 10.2. The number of hydrazone groups is 1. The Morgan fingerprint density at radius 2 is 1.80 bits per heavy atom. The molecule has 156 valence electrons. The molecule has 0 saturated carbocycles. The number of hydrogen-bond donors (Lipinski definition) is 1. The van der Waals surface area contributed by atoms with Crippen molar-refractivity contribution in [1.82, 2.24) is 9.99 Å². The van der Waals surface area contributed by atoms with E-state index < -0.39 is 0 Å². The van der Waals surface area contributed by atoms with Crippen LogP contribution in [0.3, 0.4) is 0 Å². The molecule has 3 aromatic rings. The van der Waals surface area contributed by atoms with Crippen LogP contribution in [-0.4, -0.2) is 23.3 Å². The summed E-state index contributed by atoms with van der Waals surface area (Å²) in [5.74, 6) is -0.00170. The quantitative estimate of drug-likeness (QED) is 0.401. The predicted molar refractivity (Wildman–Crippen MR) is 122 cm³/mol. The topological polar surface area (TPSA) is 55.6 Å². The number of nitrogens with zero attached hydrogens (tertiary/aromatic N) is 2. The normalized spacial score (nSPS) is 11.1. The van der Waals surface area contributed by atoms with E-state index in [1.807, 2.05) is 13.0 Å². The van der Waals surface area contributed by atoms with Crippen molar-refractivity contribution >= 4 is 35.3 Å². The first-order valence-electron chi connectivity index (χ1n) is 9.43. The SMILES string of the molecule is Cc1cccc(C)c1-n1c(C)cc(/C=N/NC(=O)COc2ccc(Cl)cc2Cl)c1C. The first-order chi connectivity index (χ1) is 14.3. The van der Waals surface area contributed by atoms with E-state index in [0.717, 1.165) is 17.0 Å². The lowest BCUT2D eigenvalue weighted by molar-refractivity contribution is -0.123. The van der Waals surface area contributed by atoms with E-state index in [4.69, 9.17) is 27.9 Å². The fourth-order valence-electron chi connectivity index (χ4n) is 3.36. The fourth-order valence-corrected chi connectivity index (χ4v) is 3.83. The van der Waals surface area contributed by atoms with Crippen LogP contribution < -0.4 is 10.2 Å². The maximum Gasteiger partial charge on any atom is 0.277 e. The predicted octanol–water partition coefficient (Wildman–Crippen LogP) is 5.55. The molecule has 0 aliphatic heterocycles. The Morgan fingerprint density at radius 1 is 1.10 bits per heavy atom. The zero-order chi connectivity index (χ0) is 21.8. The third-order valence-electron chi connectivity index (χ3n) is 4.78. The van der Waals surface area contributed by atoms with Crippen molar-refractivity contribution in [1.29, 1.82) is 0 Å². The van der Waals surface area contributed by atoms with Crippen LogP contribution in [0.25, 0.3) is 5.69 Å². The summed E-state index contributed by atoms with van der Waals surface area (Å²) < 4.78 is 7.61. The molecular weight excluding hydrogens is 421 g/mol. The van der Waals surface area contributed by atoms with Crippen LogP contribution >= 0.6 is 23.2 Å². The standard InChI is InChI=1S/C23H23Cl2N3O2/c1-14-6-5-7-15(2)23(14)28-16(3)10-18(17(28)4)12-26-27-22(29)13-30-21-9-8-19(24)11-20(21)25/h5-12H,13H2,1-4H3,(H,27,29)/b26-12+. The maximum absolute atomic E-state index is 12.0. The van der Waals surface area contributed by atoms with Gasteiger partial charge in [0.25, 0.3) is 5.91 Å². The summed E-state index contributed by atoms with van der Waals surface area (Å²) in [7, 11) is 0. The molecule has 5 nitrogen and oxygen atoms in total. The second-order valence-electron chi connectivity index (χ2n) is 7.06. The number of amides is 1. The van der Waals surface area contributed by atoms with Crippen LogP contribution in [0, 0.1) is 27.7 Å². The van der Waals surface area contributed by atoms with Gasteiger partial charge in [-0.05, 0) is 63.1 Å². The van der Waals surface area contributed by atoms with Gasteiger partial charge in [-0.3, -0.25) is 4.79 Å². The summed E-state index contributed by atoms with van der Waals surface area (Å²) >= 11 is 11.9. The highest BCUT2D eigenvalue weighted by molar-refractivity contribution is 6.35. The molecule has 0 aliphatic rings. The molecule has 0 saturated heterocycles. The van der Waals surface area contributed by atoms with Gasteiger partial charge in [0, 0.05) is 22.0 Å². The van der Waals surface area contributed by atoms with Crippen LogP contribution in [0.5, 0.6) is 5.75 Å². The van der Waals surface area contributed by atoms with E-state index in [9.17, 15) is 4.79 Å². The molecule has 3 rings (SSSR count). The smallest absolute Gasteiger partial charge is 0.277 e. The number of para-hydroxylation sites is 1. The van der Waals surface area contributed by atoms with Gasteiger partial charge in [0.1, 0.15) is 5.75 Å². The molecule has 0 aliphatic carbocycles. The molecule has 7 heteroatoms. The number of carbonyl (C=O) groups excluding carboxylic acids is 1. The first kappa shape index (κ1) is 21.9. The van der Waals surface area contributed by atoms with Crippen molar-refractivity contribution in [3.63, 3.8) is 0 Å². The largest absolute Gasteiger partial charge is 0.482 e. The van der Waals surface area contributed by atoms with E-state index in [1.165, 1.54) is 16.8 Å². The van der Waals surface area contributed by atoms with Gasteiger partial charge in [-0.15, -0.1) is 0 Å². The lowest BCUT2D eigenvalue weighted by atomic mass is 10.1. The molecule has 0 atom stereocenters. The Morgan fingerprint density at radius 3 is 2.47 bits per heavy atom. The van der Waals surface area contributed by atoms with Crippen molar-refractivity contribution in [2.24, 2.45) is 5.10 Å². The summed E-state index contributed by atoms with van der Waals surface area (Å²) in [5.41, 5.74) is 9.12. The minimum absolute atomic E-state index is 0.208. The van der Waals surface area contributed by atoms with Crippen molar-refractivity contribution in [3.05, 3.63) is 80.6 Å². The Hall–Kier alpha value is -2.76. The van der Waals surface area contributed by atoms with Crippen LogP contribution in [0.4, 0.5) is 0 Å². The molecular formula is C23H23Cl2N3O2. The molecule has 0 fully saturated rings. The van der Waals surface area contributed by atoms with Gasteiger partial charge < -0.3 is 9.30 Å². The Bertz CT molecular complexity index is 1100. The molecule has 0 spiro atoms. The summed E-state index contributed by atoms with van der Waals surface area (Å²) in [5, 5.41) is 4.92. The number of hydrogen-bond acceptors (Lipinski definition) is 3. The van der Waals surface area contributed by atoms with E-state index in [0.29, 0.717) is 15.8 Å². The Kier molecular flexibility index (Phi) is 6.85. The Labute approximate surface area is 186 Å². The molecule has 1 heterocycles. The molecule has 2 aromatic carbocycles. The number of ether oxygens (including phenoxy) is 1. The van der Waals surface area contributed by atoms with Crippen LogP contribution in [0.1, 0.15) is 28.1 Å². The van der Waals surface area contributed by atoms with Gasteiger partial charge in [-0.25, -0.2) is 5.43 Å². The van der Waals surface area contributed by atoms with E-state index in [-0.39, 0.29) is 12.5 Å². The number of nitrogens with one attached hydrogen (secondary N) is 1. The number of aryl methyl sites for hydroxylation is 3. The molecule has 1 amide bonds. The molecule has 0 bridgehead atoms. The zero-order valence-electron chi connectivity index (χ0n) is 17.3. The van der Waals surface area contributed by atoms with Crippen molar-refractivity contribution in [3.8, 4) is 11.4 Å². The van der Waals surface area contributed by atoms with Gasteiger partial charge >= 0.3 is 0 Å². The molecule has 1 N–H and O–H groups in total. The van der Waals surface area contributed by atoms with E-state index in [2.05, 4.69) is 54.1 Å². The number of carbonyl (C=O) groups is 1. The number of rotatable bonds is 6. The van der Waals surface area contributed by atoms with Crippen LogP contribution in [0.2, 0.25) is 10.0 Å².